The van der Waals surface area contributed by atoms with E-state index >= 15 is 0 Å². The predicted octanol–water partition coefficient (Wildman–Crippen LogP) is 5.38. The van der Waals surface area contributed by atoms with Crippen LogP contribution in [0.1, 0.15) is 53.6 Å². The van der Waals surface area contributed by atoms with Crippen LogP contribution in [-0.2, 0) is 15.0 Å². The Bertz CT molecular complexity index is 1140. The highest BCUT2D eigenvalue weighted by Crippen LogP contribution is 2.74. The molecule has 11 heteroatoms. The van der Waals surface area contributed by atoms with Gasteiger partial charge < -0.3 is 16.4 Å². The van der Waals surface area contributed by atoms with Crippen LogP contribution < -0.4 is 16.4 Å². The molecule has 0 radical (unpaired) electrons. The number of benzene rings is 2. The molecule has 1 saturated carbocycles. The zero-order valence-corrected chi connectivity index (χ0v) is 22.5. The van der Waals surface area contributed by atoms with Crippen molar-refractivity contribution in [2.75, 3.05) is 13.1 Å². The van der Waals surface area contributed by atoms with E-state index in [0.717, 1.165) is 19.3 Å². The smallest absolute Gasteiger partial charge is 0.252 e. The zero-order valence-electron chi connectivity index (χ0n) is 18.8. The fourth-order valence-corrected chi connectivity index (χ4v) is 6.19. The highest BCUT2D eigenvalue weighted by Gasteiger charge is 2.80. The normalized spacial score (nSPS) is 20.2. The fourth-order valence-electron chi connectivity index (χ4n) is 4.35. The van der Waals surface area contributed by atoms with E-state index in [0.29, 0.717) is 34.3 Å². The third kappa shape index (κ3) is 5.67. The summed E-state index contributed by atoms with van der Waals surface area (Å²) in [6.45, 7) is 2.47. The summed E-state index contributed by atoms with van der Waals surface area (Å²) in [4.78, 5) is 36.5. The number of unbranched alkanes of at least 4 members (excludes halogenated alkanes) is 2. The van der Waals surface area contributed by atoms with E-state index in [1.165, 1.54) is 19.1 Å². The van der Waals surface area contributed by atoms with Crippen LogP contribution in [0.3, 0.4) is 0 Å². The summed E-state index contributed by atoms with van der Waals surface area (Å²) in [5.41, 5.74) is 5.39. The van der Waals surface area contributed by atoms with Crippen molar-refractivity contribution in [1.29, 1.82) is 0 Å². The van der Waals surface area contributed by atoms with Gasteiger partial charge in [0.1, 0.15) is 9.75 Å². The number of hydrogen-bond donors (Lipinski definition) is 3. The van der Waals surface area contributed by atoms with Gasteiger partial charge in [0, 0.05) is 36.0 Å². The molecule has 0 aliphatic heterocycles. The number of alkyl halides is 2. The van der Waals surface area contributed by atoms with Crippen molar-refractivity contribution in [1.82, 2.24) is 10.6 Å². The average molecular weight is 580 g/mol. The van der Waals surface area contributed by atoms with Crippen molar-refractivity contribution in [2.45, 2.75) is 41.9 Å². The van der Waals surface area contributed by atoms with Crippen LogP contribution in [-0.4, -0.2) is 35.1 Å². The number of nitrogens with two attached hydrogens (primary N) is 1. The molecular weight excluding hydrogens is 556 g/mol. The molecule has 1 aliphatic carbocycles. The first-order chi connectivity index (χ1) is 16.4. The van der Waals surface area contributed by atoms with Gasteiger partial charge in [-0.2, -0.15) is 0 Å². The van der Waals surface area contributed by atoms with Gasteiger partial charge in [-0.3, -0.25) is 14.4 Å². The maximum absolute atomic E-state index is 12.8. The molecule has 0 spiro atoms. The molecule has 4 N–H and O–H groups in total. The molecule has 1 fully saturated rings. The lowest BCUT2D eigenvalue weighted by Crippen LogP contribution is -2.34. The number of hydrogen-bond acceptors (Lipinski definition) is 3. The number of carbonyl (C=O) groups excluding carboxylic acids is 3. The van der Waals surface area contributed by atoms with Crippen molar-refractivity contribution < 1.29 is 14.4 Å². The number of amides is 3. The minimum absolute atomic E-state index is 0.0733. The number of carbonyl (C=O) groups is 3. The molecule has 188 valence electrons. The van der Waals surface area contributed by atoms with E-state index in [4.69, 9.17) is 63.7 Å². The summed E-state index contributed by atoms with van der Waals surface area (Å²) in [7, 11) is 0. The zero-order chi connectivity index (χ0) is 26.0. The monoisotopic (exact) mass is 577 g/mol. The number of primary amides is 1. The maximum atomic E-state index is 12.8. The number of rotatable bonds is 10. The SMILES string of the molecule is CC(=O)NCCCCCNC(=O)c1cc(C2(C(N)=O)C(c3cc(Cl)cc(Cl)c3)C2(Cl)Cl)ccc1Cl. The molecule has 6 nitrogen and oxygen atoms in total. The Labute approximate surface area is 228 Å². The molecule has 2 unspecified atom stereocenters. The molecule has 0 bridgehead atoms. The van der Waals surface area contributed by atoms with Crippen LogP contribution in [0.25, 0.3) is 0 Å². The van der Waals surface area contributed by atoms with Crippen molar-refractivity contribution in [3.63, 3.8) is 0 Å². The first-order valence-electron chi connectivity index (χ1n) is 10.9. The average Bonchev–Trinajstić information content (AvgIpc) is 3.29. The number of nitrogens with one attached hydrogen (secondary N) is 2. The van der Waals surface area contributed by atoms with Crippen LogP contribution in [0.2, 0.25) is 15.1 Å². The standard InChI is InChI=1S/C24H24Cl5N3O3/c1-13(33)31-7-3-2-4-8-32-21(34)18-11-15(5-6-19(18)27)23(22(30)35)20(24(23,28)29)14-9-16(25)12-17(26)10-14/h5-6,9-12,20H,2-4,7-8H2,1H3,(H2,30,35)(H,31,33)(H,32,34). The molecule has 2 aromatic carbocycles. The lowest BCUT2D eigenvalue weighted by Gasteiger charge is -2.17. The molecule has 3 rings (SSSR count). The maximum Gasteiger partial charge on any atom is 0.252 e. The van der Waals surface area contributed by atoms with Crippen molar-refractivity contribution in [3.05, 3.63) is 68.2 Å². The van der Waals surface area contributed by atoms with Crippen LogP contribution in [0.4, 0.5) is 0 Å². The Kier molecular flexibility index (Phi) is 8.87. The number of halogens is 5. The highest BCUT2D eigenvalue weighted by molar-refractivity contribution is 6.55. The van der Waals surface area contributed by atoms with Gasteiger partial charge in [0.05, 0.1) is 10.6 Å². The topological polar surface area (TPSA) is 101 Å². The summed E-state index contributed by atoms with van der Waals surface area (Å²) in [5.74, 6) is -1.98. The summed E-state index contributed by atoms with van der Waals surface area (Å²) in [6.07, 6.45) is 2.34. The van der Waals surface area contributed by atoms with Crippen molar-refractivity contribution >= 4 is 75.7 Å². The van der Waals surface area contributed by atoms with Gasteiger partial charge in [0.15, 0.2) is 0 Å². The largest absolute Gasteiger partial charge is 0.369 e. The Morgan fingerprint density at radius 1 is 0.914 bits per heavy atom. The van der Waals surface area contributed by atoms with Gasteiger partial charge in [-0.1, -0.05) is 64.1 Å². The molecule has 2 atom stereocenters. The van der Waals surface area contributed by atoms with E-state index in [1.807, 2.05) is 0 Å². The highest BCUT2D eigenvalue weighted by atomic mass is 35.5. The van der Waals surface area contributed by atoms with E-state index in [9.17, 15) is 14.4 Å². The van der Waals surface area contributed by atoms with Crippen molar-refractivity contribution in [3.8, 4) is 0 Å². The Morgan fingerprint density at radius 3 is 2.09 bits per heavy atom. The van der Waals surface area contributed by atoms with Crippen molar-refractivity contribution in [2.24, 2.45) is 5.73 Å². The molecule has 1 aliphatic rings. The Morgan fingerprint density at radius 2 is 1.51 bits per heavy atom. The van der Waals surface area contributed by atoms with Gasteiger partial charge in [-0.05, 0) is 60.7 Å². The second-order valence-electron chi connectivity index (χ2n) is 8.43. The van der Waals surface area contributed by atoms with E-state index < -0.39 is 27.5 Å². The van der Waals surface area contributed by atoms with E-state index in [2.05, 4.69) is 10.6 Å². The first kappa shape index (κ1) is 27.9. The molecule has 0 aromatic heterocycles. The fraction of sp³-hybridized carbons (Fsp3) is 0.375. The lowest BCUT2D eigenvalue weighted by atomic mass is 9.88. The molecule has 2 aromatic rings. The molecule has 0 saturated heterocycles. The minimum atomic E-state index is -1.59. The second-order valence-corrected chi connectivity index (χ2v) is 11.1. The summed E-state index contributed by atoms with van der Waals surface area (Å²) < 4.78 is -1.59. The van der Waals surface area contributed by atoms with Crippen LogP contribution >= 0.6 is 58.0 Å². The molecule has 3 amide bonds. The van der Waals surface area contributed by atoms with Gasteiger partial charge in [-0.15, -0.1) is 0 Å². The molecular formula is C24H24Cl5N3O3. The summed E-state index contributed by atoms with van der Waals surface area (Å²) in [5, 5.41) is 6.46. The van der Waals surface area contributed by atoms with Crippen LogP contribution in [0, 0.1) is 0 Å². The summed E-state index contributed by atoms with van der Waals surface area (Å²) >= 11 is 31.9. The van der Waals surface area contributed by atoms with Crippen LogP contribution in [0.15, 0.2) is 36.4 Å². The molecule has 35 heavy (non-hydrogen) atoms. The van der Waals surface area contributed by atoms with Crippen LogP contribution in [0.5, 0.6) is 0 Å². The van der Waals surface area contributed by atoms with Gasteiger partial charge in [0.2, 0.25) is 11.8 Å². The quantitative estimate of drug-likeness (QED) is 0.260. The third-order valence-corrected chi connectivity index (χ3v) is 7.82. The van der Waals surface area contributed by atoms with E-state index in [1.54, 1.807) is 24.3 Å². The van der Waals surface area contributed by atoms with Gasteiger partial charge in [0.25, 0.3) is 5.91 Å². The minimum Gasteiger partial charge on any atom is -0.369 e. The second kappa shape index (κ2) is 11.1. The Balaban J connectivity index is 1.81. The van der Waals surface area contributed by atoms with Gasteiger partial charge in [-0.25, -0.2) is 0 Å². The van der Waals surface area contributed by atoms with E-state index in [-0.39, 0.29) is 16.5 Å². The predicted molar refractivity (Wildman–Crippen MR) is 141 cm³/mol. The summed E-state index contributed by atoms with van der Waals surface area (Å²) in [6, 6.07) is 9.38. The molecule has 0 heterocycles. The first-order valence-corrected chi connectivity index (χ1v) is 12.8. The van der Waals surface area contributed by atoms with Gasteiger partial charge >= 0.3 is 0 Å². The lowest BCUT2D eigenvalue weighted by molar-refractivity contribution is -0.121. The third-order valence-electron chi connectivity index (χ3n) is 6.02. The Hall–Kier alpha value is -1.70.